The summed E-state index contributed by atoms with van der Waals surface area (Å²) in [6.07, 6.45) is 1.20. The Morgan fingerprint density at radius 1 is 1.28 bits per heavy atom. The molecule has 0 radical (unpaired) electrons. The van der Waals surface area contributed by atoms with Gasteiger partial charge in [0.2, 0.25) is 0 Å². The maximum atomic E-state index is 12.8. The first-order valence-electron chi connectivity index (χ1n) is 8.86. The fraction of sp³-hybridized carbons (Fsp3) is 0.381. The smallest absolute Gasteiger partial charge is 0.270 e. The summed E-state index contributed by atoms with van der Waals surface area (Å²) in [5.74, 6) is 3.16. The zero-order valence-electron chi connectivity index (χ0n) is 15.2. The summed E-state index contributed by atoms with van der Waals surface area (Å²) in [4.78, 5) is 17.7. The van der Waals surface area contributed by atoms with Crippen LogP contribution in [0, 0.1) is 19.8 Å². The number of furan rings is 1. The third-order valence-corrected chi connectivity index (χ3v) is 5.22. The fourth-order valence-electron chi connectivity index (χ4n) is 3.62. The summed E-state index contributed by atoms with van der Waals surface area (Å²) in [5.41, 5.74) is 4.00. The number of aryl methyl sites for hydroxylation is 2. The predicted molar refractivity (Wildman–Crippen MR) is 98.8 cm³/mol. The van der Waals surface area contributed by atoms with E-state index in [1.54, 1.807) is 4.90 Å². The number of carbonyl (C=O) groups excluding carboxylic acids is 1. The summed E-state index contributed by atoms with van der Waals surface area (Å²) >= 11 is 0. The van der Waals surface area contributed by atoms with Crippen LogP contribution in [-0.4, -0.2) is 22.8 Å². The average Bonchev–Trinajstić information content (AvgIpc) is 2.98. The molecule has 4 nitrogen and oxygen atoms in total. The van der Waals surface area contributed by atoms with Crippen molar-refractivity contribution in [3.63, 3.8) is 0 Å². The number of hydrogen-bond donors (Lipinski definition) is 1. The average molecular weight is 336 g/mol. The second-order valence-corrected chi connectivity index (χ2v) is 7.51. The van der Waals surface area contributed by atoms with E-state index in [0.717, 1.165) is 28.3 Å². The van der Waals surface area contributed by atoms with E-state index in [2.05, 4.69) is 44.0 Å². The Labute approximate surface area is 147 Å². The molecule has 1 aliphatic carbocycles. The minimum Gasteiger partial charge on any atom is -0.464 e. The Balaban J connectivity index is 1.52. The van der Waals surface area contributed by atoms with Crippen LogP contribution in [0.1, 0.15) is 52.4 Å². The molecule has 4 heteroatoms. The van der Waals surface area contributed by atoms with E-state index < -0.39 is 0 Å². The Morgan fingerprint density at radius 2 is 2.04 bits per heavy atom. The van der Waals surface area contributed by atoms with Crippen LogP contribution >= 0.6 is 0 Å². The number of hydrogen-bond acceptors (Lipinski definition) is 2. The molecule has 2 heterocycles. The third-order valence-electron chi connectivity index (χ3n) is 5.22. The molecule has 3 aromatic rings. The van der Waals surface area contributed by atoms with Crippen molar-refractivity contribution in [1.29, 1.82) is 0 Å². The largest absolute Gasteiger partial charge is 0.464 e. The molecule has 2 atom stereocenters. The number of rotatable bonds is 4. The normalized spacial score (nSPS) is 19.4. The monoisotopic (exact) mass is 336 g/mol. The molecule has 1 amide bonds. The number of H-pyrrole nitrogens is 1. The highest BCUT2D eigenvalue weighted by Gasteiger charge is 2.36. The van der Waals surface area contributed by atoms with Crippen LogP contribution in [0.15, 0.2) is 34.7 Å². The molecule has 2 aromatic heterocycles. The molecular weight excluding hydrogens is 312 g/mol. The molecule has 0 unspecified atom stereocenters. The summed E-state index contributed by atoms with van der Waals surface area (Å²) in [7, 11) is 1.81. The van der Waals surface area contributed by atoms with Crippen molar-refractivity contribution in [2.75, 3.05) is 7.05 Å². The van der Waals surface area contributed by atoms with Crippen LogP contribution in [0.25, 0.3) is 10.9 Å². The van der Waals surface area contributed by atoms with Crippen molar-refractivity contribution in [1.82, 2.24) is 9.88 Å². The van der Waals surface area contributed by atoms with Crippen molar-refractivity contribution in [3.8, 4) is 0 Å². The lowest BCUT2D eigenvalue weighted by atomic mass is 10.1. The molecule has 25 heavy (non-hydrogen) atoms. The Kier molecular flexibility index (Phi) is 3.71. The Hall–Kier alpha value is -2.49. The molecule has 1 aromatic carbocycles. The van der Waals surface area contributed by atoms with Gasteiger partial charge in [-0.2, -0.15) is 0 Å². The number of amides is 1. The van der Waals surface area contributed by atoms with Crippen LogP contribution in [0.5, 0.6) is 0 Å². The number of benzene rings is 1. The third kappa shape index (κ3) is 2.97. The van der Waals surface area contributed by atoms with E-state index >= 15 is 0 Å². The lowest BCUT2D eigenvalue weighted by molar-refractivity contribution is 0.0770. The fourth-order valence-corrected chi connectivity index (χ4v) is 3.62. The van der Waals surface area contributed by atoms with Crippen molar-refractivity contribution in [2.45, 2.75) is 39.7 Å². The molecular formula is C21H24N2O2. The van der Waals surface area contributed by atoms with Crippen LogP contribution in [0.4, 0.5) is 0 Å². The highest BCUT2D eigenvalue weighted by atomic mass is 16.3. The lowest BCUT2D eigenvalue weighted by Gasteiger charge is -2.14. The van der Waals surface area contributed by atoms with Gasteiger partial charge in [-0.05, 0) is 61.6 Å². The van der Waals surface area contributed by atoms with Crippen LogP contribution in [0.2, 0.25) is 0 Å². The van der Waals surface area contributed by atoms with Crippen LogP contribution in [0.3, 0.4) is 0 Å². The molecule has 1 fully saturated rings. The standard InChI is InChI=1S/C21H24N2O2/c1-12-7-13(2)16-10-19(22-18(16)8-12)21(24)23(4)11-15-5-6-20(25-15)17-9-14(17)3/h5-8,10,14,17,22H,9,11H2,1-4H3/t14-,17-/m0/s1. The predicted octanol–water partition coefficient (Wildman–Crippen LogP) is 4.77. The van der Waals surface area contributed by atoms with E-state index in [1.807, 2.05) is 19.2 Å². The van der Waals surface area contributed by atoms with Gasteiger partial charge < -0.3 is 14.3 Å². The second-order valence-electron chi connectivity index (χ2n) is 7.51. The molecule has 130 valence electrons. The summed E-state index contributed by atoms with van der Waals surface area (Å²) in [6.45, 7) is 6.86. The van der Waals surface area contributed by atoms with Gasteiger partial charge in [0, 0.05) is 23.9 Å². The summed E-state index contributed by atoms with van der Waals surface area (Å²) < 4.78 is 5.92. The minimum absolute atomic E-state index is 0.0222. The minimum atomic E-state index is -0.0222. The molecule has 1 aliphatic rings. The molecule has 1 saturated carbocycles. The maximum Gasteiger partial charge on any atom is 0.270 e. The molecule has 4 rings (SSSR count). The van der Waals surface area contributed by atoms with Gasteiger partial charge in [-0.3, -0.25) is 4.79 Å². The van der Waals surface area contributed by atoms with E-state index in [4.69, 9.17) is 4.42 Å². The van der Waals surface area contributed by atoms with E-state index in [1.165, 1.54) is 17.5 Å². The molecule has 0 spiro atoms. The summed E-state index contributed by atoms with van der Waals surface area (Å²) in [6, 6.07) is 10.2. The molecule has 0 saturated heterocycles. The van der Waals surface area contributed by atoms with Gasteiger partial charge in [0.05, 0.1) is 6.54 Å². The van der Waals surface area contributed by atoms with E-state index in [9.17, 15) is 4.79 Å². The number of aromatic nitrogens is 1. The Morgan fingerprint density at radius 3 is 2.76 bits per heavy atom. The molecule has 0 aliphatic heterocycles. The van der Waals surface area contributed by atoms with Crippen LogP contribution in [-0.2, 0) is 6.54 Å². The van der Waals surface area contributed by atoms with Gasteiger partial charge in [0.25, 0.3) is 5.91 Å². The number of fused-ring (bicyclic) bond motifs is 1. The zero-order valence-corrected chi connectivity index (χ0v) is 15.2. The quantitative estimate of drug-likeness (QED) is 0.746. The first-order valence-corrected chi connectivity index (χ1v) is 8.86. The zero-order chi connectivity index (χ0) is 17.7. The van der Waals surface area contributed by atoms with E-state index in [-0.39, 0.29) is 5.91 Å². The molecule has 0 bridgehead atoms. The van der Waals surface area contributed by atoms with Crippen molar-refractivity contribution >= 4 is 16.8 Å². The summed E-state index contributed by atoms with van der Waals surface area (Å²) in [5, 5.41) is 1.10. The van der Waals surface area contributed by atoms with Gasteiger partial charge in [-0.1, -0.05) is 13.0 Å². The van der Waals surface area contributed by atoms with Gasteiger partial charge in [0.1, 0.15) is 17.2 Å². The van der Waals surface area contributed by atoms with Crippen molar-refractivity contribution in [3.05, 3.63) is 58.7 Å². The SMILES string of the molecule is Cc1cc(C)c2cc(C(=O)N(C)Cc3ccc([C@H]4C[C@@H]4C)o3)[nH]c2c1. The van der Waals surface area contributed by atoms with Crippen molar-refractivity contribution < 1.29 is 9.21 Å². The highest BCUT2D eigenvalue weighted by Crippen LogP contribution is 2.47. The number of nitrogens with zero attached hydrogens (tertiary/aromatic N) is 1. The van der Waals surface area contributed by atoms with Gasteiger partial charge in [0.15, 0.2) is 0 Å². The van der Waals surface area contributed by atoms with Gasteiger partial charge >= 0.3 is 0 Å². The van der Waals surface area contributed by atoms with E-state index in [0.29, 0.717) is 18.2 Å². The highest BCUT2D eigenvalue weighted by molar-refractivity contribution is 5.98. The first-order chi connectivity index (χ1) is 11.9. The van der Waals surface area contributed by atoms with Gasteiger partial charge in [-0.15, -0.1) is 0 Å². The number of carbonyl (C=O) groups is 1. The first kappa shape index (κ1) is 16.0. The maximum absolute atomic E-state index is 12.8. The number of nitrogens with one attached hydrogen (secondary N) is 1. The topological polar surface area (TPSA) is 49.2 Å². The van der Waals surface area contributed by atoms with Crippen LogP contribution < -0.4 is 0 Å². The van der Waals surface area contributed by atoms with Gasteiger partial charge in [-0.25, -0.2) is 0 Å². The van der Waals surface area contributed by atoms with Crippen molar-refractivity contribution in [2.24, 2.45) is 5.92 Å². The lowest BCUT2D eigenvalue weighted by Crippen LogP contribution is -2.26. The second kappa shape index (κ2) is 5.80. The molecule has 1 N–H and O–H groups in total. The Bertz CT molecular complexity index is 950. The number of aromatic amines is 1.